The van der Waals surface area contributed by atoms with Crippen LogP contribution < -0.4 is 16.4 Å². The van der Waals surface area contributed by atoms with E-state index in [-0.39, 0.29) is 6.54 Å². The van der Waals surface area contributed by atoms with Crippen molar-refractivity contribution in [2.75, 3.05) is 5.32 Å². The Balaban J connectivity index is 1.66. The van der Waals surface area contributed by atoms with E-state index in [4.69, 9.17) is 5.73 Å². The zero-order valence-electron chi connectivity index (χ0n) is 12.8. The number of carbonyl (C=O) groups excluding carboxylic acids is 3. The van der Waals surface area contributed by atoms with Gasteiger partial charge >= 0.3 is 11.8 Å². The van der Waals surface area contributed by atoms with E-state index in [2.05, 4.69) is 15.6 Å². The zero-order chi connectivity index (χ0) is 17.1. The van der Waals surface area contributed by atoms with E-state index in [1.54, 1.807) is 24.5 Å². The molecular weight excluding hydrogens is 328 g/mol. The summed E-state index contributed by atoms with van der Waals surface area (Å²) in [5.41, 5.74) is 7.45. The zero-order valence-corrected chi connectivity index (χ0v) is 13.6. The molecule has 2 aromatic rings. The molecule has 0 bridgehead atoms. The predicted molar refractivity (Wildman–Crippen MR) is 89.6 cm³/mol. The molecule has 7 nitrogen and oxygen atoms in total. The first-order chi connectivity index (χ1) is 11.6. The van der Waals surface area contributed by atoms with Gasteiger partial charge in [-0.15, -0.1) is 11.3 Å². The second-order valence-electron chi connectivity index (χ2n) is 5.42. The maximum absolute atomic E-state index is 12.1. The largest absolute Gasteiger partial charge is 0.365 e. The second-order valence-corrected chi connectivity index (χ2v) is 6.53. The van der Waals surface area contributed by atoms with Crippen LogP contribution in [-0.2, 0) is 29.0 Å². The number of hydrogen-bond donors (Lipinski definition) is 3. The molecule has 1 aliphatic carbocycles. The number of nitrogens with one attached hydrogen (secondary N) is 2. The van der Waals surface area contributed by atoms with Crippen LogP contribution >= 0.6 is 11.3 Å². The number of pyridine rings is 1. The lowest BCUT2D eigenvalue weighted by Crippen LogP contribution is -2.35. The summed E-state index contributed by atoms with van der Waals surface area (Å²) < 4.78 is 0. The van der Waals surface area contributed by atoms with E-state index in [9.17, 15) is 14.4 Å². The Kier molecular flexibility index (Phi) is 4.57. The van der Waals surface area contributed by atoms with Gasteiger partial charge in [-0.3, -0.25) is 19.4 Å². The molecule has 1 aliphatic rings. The van der Waals surface area contributed by atoms with Crippen LogP contribution in [0.4, 0.5) is 5.00 Å². The fourth-order valence-corrected chi connectivity index (χ4v) is 3.97. The summed E-state index contributed by atoms with van der Waals surface area (Å²) in [6, 6.07) is 3.54. The Morgan fingerprint density at radius 1 is 1.25 bits per heavy atom. The summed E-state index contributed by atoms with van der Waals surface area (Å²) in [7, 11) is 0. The van der Waals surface area contributed by atoms with Gasteiger partial charge in [0.1, 0.15) is 5.00 Å². The number of primary amides is 1. The van der Waals surface area contributed by atoms with Gasteiger partial charge in [0.2, 0.25) is 0 Å². The highest BCUT2D eigenvalue weighted by Gasteiger charge is 2.27. The van der Waals surface area contributed by atoms with Crippen molar-refractivity contribution in [3.05, 3.63) is 46.1 Å². The Bertz CT molecular complexity index is 801. The maximum Gasteiger partial charge on any atom is 0.314 e. The first-order valence-electron chi connectivity index (χ1n) is 7.48. The normalized spacial score (nSPS) is 12.5. The van der Waals surface area contributed by atoms with Crippen LogP contribution in [0.5, 0.6) is 0 Å². The third kappa shape index (κ3) is 3.28. The van der Waals surface area contributed by atoms with E-state index in [1.807, 2.05) is 0 Å². The van der Waals surface area contributed by atoms with Crippen LogP contribution in [-0.4, -0.2) is 22.7 Å². The molecule has 3 amide bonds. The van der Waals surface area contributed by atoms with Crippen molar-refractivity contribution >= 4 is 34.1 Å². The Labute approximate surface area is 142 Å². The maximum atomic E-state index is 12.1. The SMILES string of the molecule is NC(=O)c1c(NC(=O)C(=O)NCc2cccnc2)sc2c1CCC2. The number of fused-ring (bicyclic) bond motifs is 1. The Hall–Kier alpha value is -2.74. The van der Waals surface area contributed by atoms with Gasteiger partial charge in [-0.2, -0.15) is 0 Å². The number of nitrogens with zero attached hydrogens (tertiary/aromatic N) is 1. The van der Waals surface area contributed by atoms with Crippen molar-refractivity contribution in [3.63, 3.8) is 0 Å². The van der Waals surface area contributed by atoms with E-state index < -0.39 is 17.7 Å². The molecule has 24 heavy (non-hydrogen) atoms. The van der Waals surface area contributed by atoms with Gasteiger partial charge in [0.25, 0.3) is 5.91 Å². The minimum absolute atomic E-state index is 0.198. The summed E-state index contributed by atoms with van der Waals surface area (Å²) in [4.78, 5) is 40.6. The number of carbonyl (C=O) groups is 3. The van der Waals surface area contributed by atoms with Gasteiger partial charge in [0.05, 0.1) is 5.56 Å². The molecule has 3 rings (SSSR count). The molecule has 0 unspecified atom stereocenters. The lowest BCUT2D eigenvalue weighted by atomic mass is 10.1. The molecule has 0 atom stereocenters. The van der Waals surface area contributed by atoms with Gasteiger partial charge in [0, 0.05) is 23.8 Å². The molecule has 124 valence electrons. The number of amides is 3. The van der Waals surface area contributed by atoms with Crippen molar-refractivity contribution in [3.8, 4) is 0 Å². The molecule has 0 saturated carbocycles. The summed E-state index contributed by atoms with van der Waals surface area (Å²) in [6.45, 7) is 0.198. The molecule has 4 N–H and O–H groups in total. The van der Waals surface area contributed by atoms with Crippen LogP contribution in [0.3, 0.4) is 0 Å². The highest BCUT2D eigenvalue weighted by Crippen LogP contribution is 2.38. The van der Waals surface area contributed by atoms with Crippen LogP contribution in [0.2, 0.25) is 0 Å². The summed E-state index contributed by atoms with van der Waals surface area (Å²) in [6.07, 6.45) is 5.84. The molecular formula is C16H16N4O3S. The fourth-order valence-electron chi connectivity index (χ4n) is 2.68. The van der Waals surface area contributed by atoms with Crippen molar-refractivity contribution in [1.82, 2.24) is 10.3 Å². The predicted octanol–water partition coefficient (Wildman–Crippen LogP) is 0.986. The fraction of sp³-hybridized carbons (Fsp3) is 0.250. The molecule has 8 heteroatoms. The number of thiophene rings is 1. The smallest absolute Gasteiger partial charge is 0.314 e. The third-order valence-corrected chi connectivity index (χ3v) is 4.98. The first kappa shape index (κ1) is 16.1. The van der Waals surface area contributed by atoms with Gasteiger partial charge in [-0.25, -0.2) is 0 Å². The number of aryl methyl sites for hydroxylation is 1. The Morgan fingerprint density at radius 2 is 2.08 bits per heavy atom. The third-order valence-electron chi connectivity index (χ3n) is 3.78. The minimum atomic E-state index is -0.818. The number of aromatic nitrogens is 1. The molecule has 0 spiro atoms. The van der Waals surface area contributed by atoms with Crippen molar-refractivity contribution < 1.29 is 14.4 Å². The monoisotopic (exact) mass is 344 g/mol. The molecule has 0 aliphatic heterocycles. The topological polar surface area (TPSA) is 114 Å². The first-order valence-corrected chi connectivity index (χ1v) is 8.30. The highest BCUT2D eigenvalue weighted by atomic mass is 32.1. The number of nitrogens with two attached hydrogens (primary N) is 1. The Morgan fingerprint density at radius 3 is 2.79 bits per heavy atom. The summed E-state index contributed by atoms with van der Waals surface area (Å²) in [5, 5.41) is 5.38. The average Bonchev–Trinajstić information content (AvgIpc) is 3.13. The van der Waals surface area contributed by atoms with E-state index in [0.29, 0.717) is 10.6 Å². The summed E-state index contributed by atoms with van der Waals surface area (Å²) >= 11 is 1.31. The average molecular weight is 344 g/mol. The van der Waals surface area contributed by atoms with Crippen LogP contribution in [0.25, 0.3) is 0 Å². The van der Waals surface area contributed by atoms with Gasteiger partial charge in [-0.05, 0) is 36.5 Å². The lowest BCUT2D eigenvalue weighted by molar-refractivity contribution is -0.136. The van der Waals surface area contributed by atoms with Gasteiger partial charge in [0.15, 0.2) is 0 Å². The van der Waals surface area contributed by atoms with E-state index >= 15 is 0 Å². The molecule has 2 heterocycles. The summed E-state index contributed by atoms with van der Waals surface area (Å²) in [5.74, 6) is -2.18. The lowest BCUT2D eigenvalue weighted by Gasteiger charge is -2.07. The van der Waals surface area contributed by atoms with Crippen molar-refractivity contribution in [2.45, 2.75) is 25.8 Å². The van der Waals surface area contributed by atoms with E-state index in [0.717, 1.165) is 35.3 Å². The molecule has 0 fully saturated rings. The van der Waals surface area contributed by atoms with Crippen molar-refractivity contribution in [2.24, 2.45) is 5.73 Å². The van der Waals surface area contributed by atoms with E-state index in [1.165, 1.54) is 11.3 Å². The van der Waals surface area contributed by atoms with Crippen LogP contribution in [0, 0.1) is 0 Å². The highest BCUT2D eigenvalue weighted by molar-refractivity contribution is 7.17. The second kappa shape index (κ2) is 6.79. The number of rotatable bonds is 4. The van der Waals surface area contributed by atoms with Crippen LogP contribution in [0.15, 0.2) is 24.5 Å². The standard InChI is InChI=1S/C16H16N4O3S/c17-13(21)12-10-4-1-5-11(10)24-16(12)20-15(23)14(22)19-8-9-3-2-6-18-7-9/h2-3,6-7H,1,4-5,8H2,(H2,17,21)(H,19,22)(H,20,23). The van der Waals surface area contributed by atoms with Gasteiger partial charge < -0.3 is 16.4 Å². The molecule has 0 saturated heterocycles. The molecule has 0 radical (unpaired) electrons. The van der Waals surface area contributed by atoms with Gasteiger partial charge in [-0.1, -0.05) is 6.07 Å². The number of anilines is 1. The minimum Gasteiger partial charge on any atom is -0.365 e. The number of hydrogen-bond acceptors (Lipinski definition) is 5. The quantitative estimate of drug-likeness (QED) is 0.717. The van der Waals surface area contributed by atoms with Crippen molar-refractivity contribution in [1.29, 1.82) is 0 Å². The molecule has 2 aromatic heterocycles. The van der Waals surface area contributed by atoms with Crippen LogP contribution in [0.1, 0.15) is 32.8 Å². The molecule has 0 aromatic carbocycles.